The lowest BCUT2D eigenvalue weighted by atomic mass is 10.2. The Morgan fingerprint density at radius 1 is 1.55 bits per heavy atom. The van der Waals surface area contributed by atoms with Gasteiger partial charge in [-0.15, -0.1) is 0 Å². The van der Waals surface area contributed by atoms with E-state index in [1.807, 2.05) is 11.8 Å². The fourth-order valence-electron chi connectivity index (χ4n) is 0.633. The summed E-state index contributed by atoms with van der Waals surface area (Å²) in [4.78, 5) is 3.94. The summed E-state index contributed by atoms with van der Waals surface area (Å²) in [6.07, 6.45) is 0. The van der Waals surface area contributed by atoms with Crippen molar-refractivity contribution in [1.29, 1.82) is 0 Å². The van der Waals surface area contributed by atoms with Crippen molar-refractivity contribution >= 4 is 17.7 Å². The lowest BCUT2D eigenvalue weighted by molar-refractivity contribution is 0.676. The number of hydrogen-bond acceptors (Lipinski definition) is 2. The zero-order valence-electron chi connectivity index (χ0n) is 7.21. The zero-order valence-corrected chi connectivity index (χ0v) is 8.03. The first-order chi connectivity index (χ1) is 5.16. The first-order valence-corrected chi connectivity index (χ1v) is 4.95. The third kappa shape index (κ3) is 7.52. The number of nitrogens with two attached hydrogens (primary N) is 2. The minimum atomic E-state index is 0.193. The van der Waals surface area contributed by atoms with E-state index in [4.69, 9.17) is 11.5 Å². The Morgan fingerprint density at radius 2 is 2.18 bits per heavy atom. The molecule has 0 aromatic rings. The van der Waals surface area contributed by atoms with Crippen LogP contribution in [0.1, 0.15) is 13.8 Å². The molecule has 0 saturated heterocycles. The van der Waals surface area contributed by atoms with Gasteiger partial charge in [-0.2, -0.15) is 11.8 Å². The molecule has 4 heteroatoms. The Morgan fingerprint density at radius 3 is 2.64 bits per heavy atom. The fourth-order valence-corrected chi connectivity index (χ4v) is 1.38. The van der Waals surface area contributed by atoms with Crippen LogP contribution >= 0.6 is 11.8 Å². The molecular formula is C7H17N3S. The summed E-state index contributed by atoms with van der Waals surface area (Å²) in [5, 5.41) is 0. The Hall–Kier alpha value is -0.380. The van der Waals surface area contributed by atoms with Crippen LogP contribution in [-0.2, 0) is 0 Å². The van der Waals surface area contributed by atoms with E-state index in [1.54, 1.807) is 0 Å². The van der Waals surface area contributed by atoms with E-state index in [1.165, 1.54) is 0 Å². The van der Waals surface area contributed by atoms with E-state index >= 15 is 0 Å². The minimum Gasteiger partial charge on any atom is -0.370 e. The van der Waals surface area contributed by atoms with Gasteiger partial charge in [-0.1, -0.05) is 13.8 Å². The molecule has 66 valence electrons. The van der Waals surface area contributed by atoms with Crippen LogP contribution in [-0.4, -0.2) is 24.0 Å². The largest absolute Gasteiger partial charge is 0.370 e. The molecule has 0 radical (unpaired) electrons. The summed E-state index contributed by atoms with van der Waals surface area (Å²) in [7, 11) is 0. The Bertz CT molecular complexity index is 121. The highest BCUT2D eigenvalue weighted by Crippen LogP contribution is 2.07. The summed E-state index contributed by atoms with van der Waals surface area (Å²) < 4.78 is 0. The topological polar surface area (TPSA) is 64.4 Å². The number of thioether (sulfide) groups is 1. The summed E-state index contributed by atoms with van der Waals surface area (Å²) in [5.41, 5.74) is 10.4. The number of aliphatic imine (C=N–C) groups is 1. The van der Waals surface area contributed by atoms with E-state index in [-0.39, 0.29) is 5.96 Å². The monoisotopic (exact) mass is 175 g/mol. The highest BCUT2D eigenvalue weighted by Gasteiger charge is 1.99. The number of guanidine groups is 1. The van der Waals surface area contributed by atoms with Crippen molar-refractivity contribution in [2.45, 2.75) is 13.8 Å². The smallest absolute Gasteiger partial charge is 0.185 e. The summed E-state index contributed by atoms with van der Waals surface area (Å²) in [6, 6.07) is 0. The molecular weight excluding hydrogens is 158 g/mol. The number of hydrogen-bond donors (Lipinski definition) is 2. The maximum atomic E-state index is 5.19. The van der Waals surface area contributed by atoms with Crippen LogP contribution in [0.25, 0.3) is 0 Å². The van der Waals surface area contributed by atoms with Crippen LogP contribution < -0.4 is 11.5 Å². The minimum absolute atomic E-state index is 0.193. The molecule has 1 atom stereocenters. The van der Waals surface area contributed by atoms with Crippen LogP contribution in [0.15, 0.2) is 4.99 Å². The van der Waals surface area contributed by atoms with E-state index in [9.17, 15) is 0 Å². The zero-order chi connectivity index (χ0) is 8.69. The van der Waals surface area contributed by atoms with E-state index in [0.29, 0.717) is 5.92 Å². The molecule has 0 aliphatic carbocycles. The molecule has 0 rings (SSSR count). The Balaban J connectivity index is 3.36. The first-order valence-electron chi connectivity index (χ1n) is 3.80. The third-order valence-corrected chi connectivity index (χ3v) is 2.41. The highest BCUT2D eigenvalue weighted by molar-refractivity contribution is 7.99. The molecule has 0 heterocycles. The van der Waals surface area contributed by atoms with Crippen molar-refractivity contribution in [2.24, 2.45) is 22.4 Å². The van der Waals surface area contributed by atoms with Crippen molar-refractivity contribution in [2.75, 3.05) is 18.1 Å². The van der Waals surface area contributed by atoms with Gasteiger partial charge in [0.15, 0.2) is 5.96 Å². The van der Waals surface area contributed by atoms with Gasteiger partial charge in [-0.05, 0) is 17.4 Å². The normalized spacial score (nSPS) is 12.5. The van der Waals surface area contributed by atoms with Gasteiger partial charge in [-0.3, -0.25) is 4.99 Å². The molecule has 0 aromatic carbocycles. The maximum absolute atomic E-state index is 5.19. The van der Waals surface area contributed by atoms with Gasteiger partial charge in [0.05, 0.1) is 0 Å². The third-order valence-electron chi connectivity index (χ3n) is 1.19. The standard InChI is InChI=1S/C7H17N3S/c1-3-11-5-6(2)4-10-7(8)9/h6H,3-5H2,1-2H3,(H4,8,9,10). The molecule has 0 spiro atoms. The highest BCUT2D eigenvalue weighted by atomic mass is 32.2. The van der Waals surface area contributed by atoms with E-state index in [2.05, 4.69) is 18.8 Å². The van der Waals surface area contributed by atoms with Crippen molar-refractivity contribution in [3.05, 3.63) is 0 Å². The predicted octanol–water partition coefficient (Wildman–Crippen LogP) is 0.649. The molecule has 0 saturated carbocycles. The Kier molecular flexibility index (Phi) is 6.12. The van der Waals surface area contributed by atoms with Gasteiger partial charge in [0, 0.05) is 6.54 Å². The van der Waals surface area contributed by atoms with Crippen molar-refractivity contribution in [1.82, 2.24) is 0 Å². The fraction of sp³-hybridized carbons (Fsp3) is 0.857. The molecule has 3 nitrogen and oxygen atoms in total. The maximum Gasteiger partial charge on any atom is 0.185 e. The summed E-state index contributed by atoms with van der Waals surface area (Å²) in [6.45, 7) is 5.04. The summed E-state index contributed by atoms with van der Waals surface area (Å²) >= 11 is 1.92. The molecule has 4 N–H and O–H groups in total. The average molecular weight is 175 g/mol. The molecule has 0 fully saturated rings. The van der Waals surface area contributed by atoms with Crippen molar-refractivity contribution in [3.8, 4) is 0 Å². The number of nitrogens with zero attached hydrogens (tertiary/aromatic N) is 1. The van der Waals surface area contributed by atoms with Crippen LogP contribution in [0.3, 0.4) is 0 Å². The quantitative estimate of drug-likeness (QED) is 0.476. The first kappa shape index (κ1) is 10.6. The molecule has 0 aliphatic heterocycles. The van der Waals surface area contributed by atoms with Gasteiger partial charge in [0.25, 0.3) is 0 Å². The van der Waals surface area contributed by atoms with Crippen molar-refractivity contribution < 1.29 is 0 Å². The Labute approximate surface area is 72.6 Å². The predicted molar refractivity (Wildman–Crippen MR) is 52.8 cm³/mol. The lowest BCUT2D eigenvalue weighted by Crippen LogP contribution is -2.24. The molecule has 0 bridgehead atoms. The van der Waals surface area contributed by atoms with Crippen molar-refractivity contribution in [3.63, 3.8) is 0 Å². The van der Waals surface area contributed by atoms with Gasteiger partial charge >= 0.3 is 0 Å². The number of rotatable bonds is 5. The SMILES string of the molecule is CCSCC(C)CN=C(N)N. The van der Waals surface area contributed by atoms with E-state index in [0.717, 1.165) is 18.1 Å². The molecule has 11 heavy (non-hydrogen) atoms. The molecule has 0 aromatic heterocycles. The van der Waals surface area contributed by atoms with Crippen LogP contribution in [0.5, 0.6) is 0 Å². The van der Waals surface area contributed by atoms with Crippen LogP contribution in [0.4, 0.5) is 0 Å². The molecule has 0 amide bonds. The average Bonchev–Trinajstić information content (AvgIpc) is 1.97. The van der Waals surface area contributed by atoms with Crippen LogP contribution in [0.2, 0.25) is 0 Å². The van der Waals surface area contributed by atoms with Gasteiger partial charge in [0.2, 0.25) is 0 Å². The second-order valence-electron chi connectivity index (χ2n) is 2.53. The second-order valence-corrected chi connectivity index (χ2v) is 3.85. The lowest BCUT2D eigenvalue weighted by Gasteiger charge is -2.05. The van der Waals surface area contributed by atoms with Gasteiger partial charge in [0.1, 0.15) is 0 Å². The van der Waals surface area contributed by atoms with E-state index < -0.39 is 0 Å². The van der Waals surface area contributed by atoms with Crippen LogP contribution in [0, 0.1) is 5.92 Å². The van der Waals surface area contributed by atoms with Gasteiger partial charge < -0.3 is 11.5 Å². The van der Waals surface area contributed by atoms with Gasteiger partial charge in [-0.25, -0.2) is 0 Å². The summed E-state index contributed by atoms with van der Waals surface area (Å²) in [5.74, 6) is 3.06. The second kappa shape index (κ2) is 6.34. The molecule has 1 unspecified atom stereocenters. The molecule has 0 aliphatic rings.